The molecular formula is C19H19N3O2S. The monoisotopic (exact) mass is 353 g/mol. The lowest BCUT2D eigenvalue weighted by molar-refractivity contribution is 0.0945. The fourth-order valence-corrected chi connectivity index (χ4v) is 3.74. The van der Waals surface area contributed by atoms with Crippen molar-refractivity contribution >= 4 is 32.6 Å². The zero-order valence-corrected chi connectivity index (χ0v) is 14.5. The summed E-state index contributed by atoms with van der Waals surface area (Å²) >= 11 is 1.48. The molecule has 0 bridgehead atoms. The van der Waals surface area contributed by atoms with Gasteiger partial charge in [-0.15, -0.1) is 0 Å². The second-order valence-electron chi connectivity index (χ2n) is 6.25. The molecule has 1 atom stereocenters. The van der Waals surface area contributed by atoms with Gasteiger partial charge in [0.05, 0.1) is 16.8 Å². The summed E-state index contributed by atoms with van der Waals surface area (Å²) in [6.07, 6.45) is 1.02. The summed E-state index contributed by atoms with van der Waals surface area (Å²) in [7, 11) is 0. The van der Waals surface area contributed by atoms with E-state index in [9.17, 15) is 4.79 Å². The molecule has 4 rings (SSSR count). The third-order valence-electron chi connectivity index (χ3n) is 4.46. The standard InChI is InChI=1S/C19H19N3O2S/c20-19-22-16-9-15(5-6-17(16)25-19)13-1-3-14(4-2-13)18(23)21-10-12-7-8-24-11-12/h1-6,9,12H,7-8,10-11H2,(H2,20,22)(H,21,23). The number of fused-ring (bicyclic) bond motifs is 1. The molecule has 1 saturated heterocycles. The van der Waals surface area contributed by atoms with Gasteiger partial charge in [0.2, 0.25) is 0 Å². The number of thiazole rings is 1. The first-order chi connectivity index (χ1) is 12.2. The van der Waals surface area contributed by atoms with Crippen LogP contribution in [0.3, 0.4) is 0 Å². The number of nitrogen functional groups attached to an aromatic ring is 1. The highest BCUT2D eigenvalue weighted by atomic mass is 32.1. The first-order valence-corrected chi connectivity index (χ1v) is 9.13. The van der Waals surface area contributed by atoms with E-state index in [1.165, 1.54) is 11.3 Å². The van der Waals surface area contributed by atoms with Gasteiger partial charge in [0, 0.05) is 24.6 Å². The Hall–Kier alpha value is -2.44. The summed E-state index contributed by atoms with van der Waals surface area (Å²) in [5, 5.41) is 3.56. The average molecular weight is 353 g/mol. The number of hydrogen-bond acceptors (Lipinski definition) is 5. The van der Waals surface area contributed by atoms with E-state index in [0.29, 0.717) is 23.2 Å². The number of rotatable bonds is 4. The SMILES string of the molecule is Nc1nc2cc(-c3ccc(C(=O)NCC4CCOC4)cc3)ccc2s1. The molecule has 1 aliphatic heterocycles. The van der Waals surface area contributed by atoms with Crippen molar-refractivity contribution < 1.29 is 9.53 Å². The number of carbonyl (C=O) groups excluding carboxylic acids is 1. The number of nitrogens with zero attached hydrogens (tertiary/aromatic N) is 1. The van der Waals surface area contributed by atoms with Crippen LogP contribution in [0.2, 0.25) is 0 Å². The Balaban J connectivity index is 1.47. The van der Waals surface area contributed by atoms with Crippen molar-refractivity contribution in [3.63, 3.8) is 0 Å². The van der Waals surface area contributed by atoms with E-state index < -0.39 is 0 Å². The molecule has 0 saturated carbocycles. The molecule has 0 spiro atoms. The molecule has 0 radical (unpaired) electrons. The summed E-state index contributed by atoms with van der Waals surface area (Å²) in [6, 6.07) is 13.7. The molecule has 2 aromatic carbocycles. The minimum atomic E-state index is -0.0406. The number of anilines is 1. The largest absolute Gasteiger partial charge is 0.381 e. The Morgan fingerprint density at radius 1 is 1.24 bits per heavy atom. The predicted octanol–water partition coefficient (Wildman–Crippen LogP) is 3.31. The van der Waals surface area contributed by atoms with Gasteiger partial charge >= 0.3 is 0 Å². The molecule has 6 heteroatoms. The third-order valence-corrected chi connectivity index (χ3v) is 5.33. The highest BCUT2D eigenvalue weighted by Gasteiger charge is 2.16. The smallest absolute Gasteiger partial charge is 0.251 e. The summed E-state index contributed by atoms with van der Waals surface area (Å²) in [6.45, 7) is 2.20. The summed E-state index contributed by atoms with van der Waals surface area (Å²) in [5.41, 5.74) is 9.45. The van der Waals surface area contributed by atoms with Crippen LogP contribution in [-0.4, -0.2) is 30.6 Å². The number of carbonyl (C=O) groups is 1. The quantitative estimate of drug-likeness (QED) is 0.754. The van der Waals surface area contributed by atoms with Gasteiger partial charge in [0.25, 0.3) is 5.91 Å². The predicted molar refractivity (Wildman–Crippen MR) is 101 cm³/mol. The van der Waals surface area contributed by atoms with Crippen molar-refractivity contribution in [3.05, 3.63) is 48.0 Å². The van der Waals surface area contributed by atoms with E-state index in [1.807, 2.05) is 36.4 Å². The van der Waals surface area contributed by atoms with Crippen LogP contribution >= 0.6 is 11.3 Å². The van der Waals surface area contributed by atoms with Crippen LogP contribution in [0.15, 0.2) is 42.5 Å². The van der Waals surface area contributed by atoms with Gasteiger partial charge in [-0.2, -0.15) is 0 Å². The fourth-order valence-electron chi connectivity index (χ4n) is 3.02. The number of nitrogens with one attached hydrogen (secondary N) is 1. The van der Waals surface area contributed by atoms with Crippen LogP contribution in [0.1, 0.15) is 16.8 Å². The Morgan fingerprint density at radius 3 is 2.80 bits per heavy atom. The molecule has 1 aromatic heterocycles. The van der Waals surface area contributed by atoms with E-state index in [-0.39, 0.29) is 5.91 Å². The van der Waals surface area contributed by atoms with Gasteiger partial charge in [-0.1, -0.05) is 29.5 Å². The summed E-state index contributed by atoms with van der Waals surface area (Å²) < 4.78 is 6.41. The topological polar surface area (TPSA) is 77.2 Å². The lowest BCUT2D eigenvalue weighted by atomic mass is 10.0. The van der Waals surface area contributed by atoms with Gasteiger partial charge in [0.1, 0.15) is 0 Å². The van der Waals surface area contributed by atoms with Crippen molar-refractivity contribution in [3.8, 4) is 11.1 Å². The Morgan fingerprint density at radius 2 is 2.04 bits per heavy atom. The molecule has 1 unspecified atom stereocenters. The van der Waals surface area contributed by atoms with Gasteiger partial charge in [-0.3, -0.25) is 4.79 Å². The van der Waals surface area contributed by atoms with Crippen LogP contribution in [0, 0.1) is 5.92 Å². The average Bonchev–Trinajstić information content (AvgIpc) is 3.27. The number of hydrogen-bond donors (Lipinski definition) is 2. The zero-order chi connectivity index (χ0) is 17.2. The van der Waals surface area contributed by atoms with E-state index in [2.05, 4.69) is 16.4 Å². The second-order valence-corrected chi connectivity index (χ2v) is 7.31. The molecule has 5 nitrogen and oxygen atoms in total. The lowest BCUT2D eigenvalue weighted by Gasteiger charge is -2.10. The zero-order valence-electron chi connectivity index (χ0n) is 13.7. The van der Waals surface area contributed by atoms with E-state index in [4.69, 9.17) is 10.5 Å². The number of ether oxygens (including phenoxy) is 1. The Bertz CT molecular complexity index is 899. The van der Waals surface area contributed by atoms with Crippen molar-refractivity contribution in [2.45, 2.75) is 6.42 Å². The number of aromatic nitrogens is 1. The third kappa shape index (κ3) is 3.50. The molecule has 25 heavy (non-hydrogen) atoms. The van der Waals surface area contributed by atoms with Crippen LogP contribution in [-0.2, 0) is 4.74 Å². The maximum atomic E-state index is 12.3. The van der Waals surface area contributed by atoms with Crippen LogP contribution in [0.25, 0.3) is 21.3 Å². The molecule has 2 heterocycles. The van der Waals surface area contributed by atoms with Crippen LogP contribution in [0.5, 0.6) is 0 Å². The molecular weight excluding hydrogens is 334 g/mol. The van der Waals surface area contributed by atoms with E-state index in [0.717, 1.165) is 41.0 Å². The molecule has 1 aliphatic rings. The van der Waals surface area contributed by atoms with E-state index >= 15 is 0 Å². The summed E-state index contributed by atoms with van der Waals surface area (Å²) in [4.78, 5) is 16.6. The highest BCUT2D eigenvalue weighted by molar-refractivity contribution is 7.22. The Labute approximate surface area is 149 Å². The Kier molecular flexibility index (Phi) is 4.38. The van der Waals surface area contributed by atoms with Crippen molar-refractivity contribution in [2.75, 3.05) is 25.5 Å². The van der Waals surface area contributed by atoms with Crippen LogP contribution < -0.4 is 11.1 Å². The number of benzene rings is 2. The van der Waals surface area contributed by atoms with Gasteiger partial charge in [-0.25, -0.2) is 4.98 Å². The first kappa shape index (κ1) is 16.1. The highest BCUT2D eigenvalue weighted by Crippen LogP contribution is 2.29. The molecule has 3 N–H and O–H groups in total. The second kappa shape index (κ2) is 6.82. The van der Waals surface area contributed by atoms with Crippen molar-refractivity contribution in [1.29, 1.82) is 0 Å². The van der Waals surface area contributed by atoms with Crippen molar-refractivity contribution in [2.24, 2.45) is 5.92 Å². The maximum absolute atomic E-state index is 12.3. The van der Waals surface area contributed by atoms with Gasteiger partial charge < -0.3 is 15.8 Å². The maximum Gasteiger partial charge on any atom is 0.251 e. The first-order valence-electron chi connectivity index (χ1n) is 8.31. The van der Waals surface area contributed by atoms with Crippen molar-refractivity contribution in [1.82, 2.24) is 10.3 Å². The molecule has 1 fully saturated rings. The normalized spacial score (nSPS) is 17.0. The fraction of sp³-hybridized carbons (Fsp3) is 0.263. The number of amides is 1. The minimum Gasteiger partial charge on any atom is -0.381 e. The van der Waals surface area contributed by atoms with Gasteiger partial charge in [-0.05, 0) is 41.8 Å². The molecule has 128 valence electrons. The lowest BCUT2D eigenvalue weighted by Crippen LogP contribution is -2.29. The molecule has 3 aromatic rings. The molecule has 0 aliphatic carbocycles. The summed E-state index contributed by atoms with van der Waals surface area (Å²) in [5.74, 6) is 0.390. The number of nitrogens with two attached hydrogens (primary N) is 1. The van der Waals surface area contributed by atoms with E-state index in [1.54, 1.807) is 0 Å². The molecule has 1 amide bonds. The van der Waals surface area contributed by atoms with Crippen LogP contribution in [0.4, 0.5) is 5.13 Å². The van der Waals surface area contributed by atoms with Gasteiger partial charge in [0.15, 0.2) is 5.13 Å². The minimum absolute atomic E-state index is 0.0406.